The van der Waals surface area contributed by atoms with Gasteiger partial charge in [0, 0.05) is 38.8 Å². The monoisotopic (exact) mass is 435 g/mol. The number of hydrogen-bond acceptors (Lipinski definition) is 3. The molecule has 2 aromatic rings. The Kier molecular flexibility index (Phi) is 6.29. The summed E-state index contributed by atoms with van der Waals surface area (Å²) < 4.78 is 52.3. The van der Waals surface area contributed by atoms with Crippen molar-refractivity contribution in [3.63, 3.8) is 0 Å². The van der Waals surface area contributed by atoms with Gasteiger partial charge in [0.25, 0.3) is 0 Å². The number of halogens is 4. The molecule has 2 aliphatic rings. The van der Waals surface area contributed by atoms with Crippen LogP contribution in [-0.2, 0) is 17.5 Å². The Bertz CT molecular complexity index is 904. The second-order valence-electron chi connectivity index (χ2n) is 8.25. The van der Waals surface area contributed by atoms with E-state index in [1.54, 1.807) is 18.2 Å². The van der Waals surface area contributed by atoms with Crippen LogP contribution in [0.25, 0.3) is 0 Å². The normalized spacial score (nSPS) is 19.2. The van der Waals surface area contributed by atoms with Crippen molar-refractivity contribution in [3.05, 3.63) is 71.0 Å². The van der Waals surface area contributed by atoms with Crippen molar-refractivity contribution in [3.8, 4) is 0 Å². The molecule has 2 fully saturated rings. The summed E-state index contributed by atoms with van der Waals surface area (Å²) in [7, 11) is 0. The molecule has 1 saturated carbocycles. The van der Waals surface area contributed by atoms with Crippen LogP contribution in [0, 0.1) is 5.82 Å². The van der Waals surface area contributed by atoms with Gasteiger partial charge in [-0.15, -0.1) is 0 Å². The van der Waals surface area contributed by atoms with E-state index in [1.165, 1.54) is 24.3 Å². The molecule has 1 amide bonds. The van der Waals surface area contributed by atoms with Crippen molar-refractivity contribution >= 4 is 5.91 Å². The van der Waals surface area contributed by atoms with Crippen LogP contribution in [0.5, 0.6) is 0 Å². The van der Waals surface area contributed by atoms with Gasteiger partial charge in [-0.25, -0.2) is 4.39 Å². The Balaban J connectivity index is 1.41. The smallest absolute Gasteiger partial charge is 0.352 e. The lowest BCUT2D eigenvalue weighted by Crippen LogP contribution is -2.51. The van der Waals surface area contributed by atoms with Crippen molar-refractivity contribution in [2.24, 2.45) is 0 Å². The van der Waals surface area contributed by atoms with Crippen LogP contribution in [0.2, 0.25) is 0 Å². The van der Waals surface area contributed by atoms with Crippen molar-refractivity contribution < 1.29 is 22.4 Å². The number of carbonyl (C=O) groups is 1. The highest BCUT2D eigenvalue weighted by molar-refractivity contribution is 5.83. The first-order valence-electron chi connectivity index (χ1n) is 10.5. The van der Waals surface area contributed by atoms with Crippen LogP contribution >= 0.6 is 0 Å². The second-order valence-corrected chi connectivity index (χ2v) is 8.25. The topological polar surface area (TPSA) is 35.6 Å². The van der Waals surface area contributed by atoms with Gasteiger partial charge in [-0.3, -0.25) is 14.6 Å². The third kappa shape index (κ3) is 5.62. The Morgan fingerprint density at radius 2 is 1.71 bits per heavy atom. The molecule has 31 heavy (non-hydrogen) atoms. The lowest BCUT2D eigenvalue weighted by atomic mass is 10.0. The Hall–Kier alpha value is -2.45. The summed E-state index contributed by atoms with van der Waals surface area (Å²) in [6.45, 7) is 2.88. The molecule has 4 rings (SSSR count). The zero-order valence-corrected chi connectivity index (χ0v) is 17.0. The number of nitrogens with zero attached hydrogens (tertiary/aromatic N) is 2. The molecule has 4 nitrogen and oxygen atoms in total. The van der Waals surface area contributed by atoms with Crippen LogP contribution in [0.4, 0.5) is 17.6 Å². The number of nitrogens with one attached hydrogen (secondary N) is 1. The number of alkyl halides is 3. The first kappa shape index (κ1) is 21.8. The van der Waals surface area contributed by atoms with E-state index in [1.807, 2.05) is 0 Å². The van der Waals surface area contributed by atoms with E-state index in [-0.39, 0.29) is 17.8 Å². The van der Waals surface area contributed by atoms with Crippen molar-refractivity contribution in [2.75, 3.05) is 26.2 Å². The molecule has 1 heterocycles. The number of hydrogen-bond donors (Lipinski definition) is 1. The molecule has 0 spiro atoms. The molecule has 0 bridgehead atoms. The molecule has 166 valence electrons. The van der Waals surface area contributed by atoms with Gasteiger partial charge in [-0.1, -0.05) is 30.3 Å². The lowest BCUT2D eigenvalue weighted by Gasteiger charge is -2.39. The van der Waals surface area contributed by atoms with Crippen LogP contribution in [0.1, 0.15) is 35.6 Å². The maximum absolute atomic E-state index is 13.4. The van der Waals surface area contributed by atoms with E-state index in [0.717, 1.165) is 24.5 Å². The standard InChI is InChI=1S/C23H25F4N3O/c24-19-6-4-17(5-7-19)21(22(31)28-20-8-9-20)30-12-10-29(11-13-30)15-16-2-1-3-18(14-16)23(25,26)27/h1-7,14,20-21H,8-13,15H2,(H,28,31). The van der Waals surface area contributed by atoms with E-state index < -0.39 is 17.8 Å². The third-order valence-corrected chi connectivity index (χ3v) is 5.79. The van der Waals surface area contributed by atoms with E-state index in [9.17, 15) is 22.4 Å². The Labute approximate surface area is 178 Å². The van der Waals surface area contributed by atoms with Gasteiger partial charge in [0.15, 0.2) is 0 Å². The molecule has 1 N–H and O–H groups in total. The SMILES string of the molecule is O=C(NC1CC1)C(c1ccc(F)cc1)N1CCN(Cc2cccc(C(F)(F)F)c2)CC1. The largest absolute Gasteiger partial charge is 0.416 e. The third-order valence-electron chi connectivity index (χ3n) is 5.79. The number of amides is 1. The van der Waals surface area contributed by atoms with Gasteiger partial charge >= 0.3 is 6.18 Å². The van der Waals surface area contributed by atoms with Gasteiger partial charge in [-0.2, -0.15) is 13.2 Å². The van der Waals surface area contributed by atoms with Crippen LogP contribution < -0.4 is 5.32 Å². The van der Waals surface area contributed by atoms with E-state index >= 15 is 0 Å². The molecular formula is C23H25F4N3O. The van der Waals surface area contributed by atoms with E-state index in [0.29, 0.717) is 38.3 Å². The summed E-state index contributed by atoms with van der Waals surface area (Å²) in [5, 5.41) is 3.04. The fourth-order valence-electron chi connectivity index (χ4n) is 3.96. The first-order valence-corrected chi connectivity index (χ1v) is 10.5. The van der Waals surface area contributed by atoms with Gasteiger partial charge in [-0.05, 0) is 42.2 Å². The minimum atomic E-state index is -4.36. The first-order chi connectivity index (χ1) is 14.8. The Morgan fingerprint density at radius 1 is 1.03 bits per heavy atom. The van der Waals surface area contributed by atoms with E-state index in [2.05, 4.69) is 15.1 Å². The van der Waals surface area contributed by atoms with Gasteiger partial charge in [0.1, 0.15) is 11.9 Å². The fourth-order valence-corrected chi connectivity index (χ4v) is 3.96. The maximum Gasteiger partial charge on any atom is 0.416 e. The molecule has 1 aliphatic heterocycles. The highest BCUT2D eigenvalue weighted by atomic mass is 19.4. The fraction of sp³-hybridized carbons (Fsp3) is 0.435. The maximum atomic E-state index is 13.4. The molecule has 1 atom stereocenters. The second kappa shape index (κ2) is 8.96. The van der Waals surface area contributed by atoms with Crippen molar-refractivity contribution in [1.29, 1.82) is 0 Å². The molecule has 8 heteroatoms. The summed E-state index contributed by atoms with van der Waals surface area (Å²) in [4.78, 5) is 17.1. The summed E-state index contributed by atoms with van der Waals surface area (Å²) in [5.41, 5.74) is 0.715. The highest BCUT2D eigenvalue weighted by Crippen LogP contribution is 2.30. The average Bonchev–Trinajstić information content (AvgIpc) is 3.54. The molecular weight excluding hydrogens is 410 g/mol. The van der Waals surface area contributed by atoms with Crippen LogP contribution in [-0.4, -0.2) is 47.9 Å². The number of benzene rings is 2. The van der Waals surface area contributed by atoms with Gasteiger partial charge < -0.3 is 5.32 Å². The van der Waals surface area contributed by atoms with Gasteiger partial charge in [0.05, 0.1) is 5.56 Å². The summed E-state index contributed by atoms with van der Waals surface area (Å²) >= 11 is 0. The predicted molar refractivity (Wildman–Crippen MR) is 109 cm³/mol. The molecule has 1 unspecified atom stereocenters. The molecule has 0 aromatic heterocycles. The summed E-state index contributed by atoms with van der Waals surface area (Å²) in [5.74, 6) is -0.434. The van der Waals surface area contributed by atoms with E-state index in [4.69, 9.17) is 0 Å². The zero-order chi connectivity index (χ0) is 22.0. The van der Waals surface area contributed by atoms with Crippen molar-refractivity contribution in [2.45, 2.75) is 37.6 Å². The average molecular weight is 435 g/mol. The van der Waals surface area contributed by atoms with Gasteiger partial charge in [0.2, 0.25) is 5.91 Å². The minimum absolute atomic E-state index is 0.0829. The molecule has 1 aliphatic carbocycles. The summed E-state index contributed by atoms with van der Waals surface area (Å²) in [6.07, 6.45) is -2.40. The quantitative estimate of drug-likeness (QED) is 0.698. The van der Waals surface area contributed by atoms with Crippen LogP contribution in [0.3, 0.4) is 0 Å². The highest BCUT2D eigenvalue weighted by Gasteiger charge is 2.34. The predicted octanol–water partition coefficient (Wildman–Crippen LogP) is 3.98. The lowest BCUT2D eigenvalue weighted by molar-refractivity contribution is -0.137. The van der Waals surface area contributed by atoms with Crippen LogP contribution in [0.15, 0.2) is 48.5 Å². The number of carbonyl (C=O) groups excluding carboxylic acids is 1. The molecule has 0 radical (unpaired) electrons. The zero-order valence-electron chi connectivity index (χ0n) is 17.0. The molecule has 1 saturated heterocycles. The minimum Gasteiger partial charge on any atom is -0.352 e. The summed E-state index contributed by atoms with van der Waals surface area (Å²) in [6, 6.07) is 11.1. The molecule has 2 aromatic carbocycles. The van der Waals surface area contributed by atoms with Crippen molar-refractivity contribution in [1.82, 2.24) is 15.1 Å². The Morgan fingerprint density at radius 3 is 2.32 bits per heavy atom. The number of piperazine rings is 1. The number of rotatable bonds is 6.